The van der Waals surface area contributed by atoms with Crippen molar-refractivity contribution in [2.75, 3.05) is 0 Å². The van der Waals surface area contributed by atoms with E-state index in [0.717, 1.165) is 11.3 Å². The van der Waals surface area contributed by atoms with Gasteiger partial charge in [0.15, 0.2) is 0 Å². The summed E-state index contributed by atoms with van der Waals surface area (Å²) < 4.78 is 7.03. The zero-order valence-corrected chi connectivity index (χ0v) is 10.1. The molecule has 0 saturated heterocycles. The molecule has 0 saturated carbocycles. The molecule has 92 valence electrons. The number of imidazole rings is 1. The van der Waals surface area contributed by atoms with Gasteiger partial charge in [0.05, 0.1) is 24.2 Å². The molecule has 19 heavy (non-hydrogen) atoms. The Kier molecular flexibility index (Phi) is 2.58. The smallest absolute Gasteiger partial charge is 0.258 e. The highest BCUT2D eigenvalue weighted by atomic mass is 16.5. The van der Waals surface area contributed by atoms with Crippen LogP contribution in [0.3, 0.4) is 0 Å². The summed E-state index contributed by atoms with van der Waals surface area (Å²) in [5.41, 5.74) is 2.15. The fourth-order valence-corrected chi connectivity index (χ4v) is 1.70. The van der Waals surface area contributed by atoms with E-state index >= 15 is 0 Å². The highest BCUT2D eigenvalue weighted by Gasteiger charge is 2.12. The van der Waals surface area contributed by atoms with Crippen molar-refractivity contribution in [3.05, 3.63) is 42.4 Å². The summed E-state index contributed by atoms with van der Waals surface area (Å²) in [7, 11) is 1.86. The minimum atomic E-state index is 0.417. The lowest BCUT2D eigenvalue weighted by molar-refractivity contribution is 0.432. The van der Waals surface area contributed by atoms with Crippen LogP contribution in [0.25, 0.3) is 23.0 Å². The van der Waals surface area contributed by atoms with Gasteiger partial charge < -0.3 is 9.09 Å². The van der Waals surface area contributed by atoms with Crippen LogP contribution in [0, 0.1) is 11.3 Å². The van der Waals surface area contributed by atoms with Crippen LogP contribution in [0.15, 0.2) is 41.3 Å². The van der Waals surface area contributed by atoms with E-state index in [0.29, 0.717) is 17.3 Å². The molecule has 1 aromatic carbocycles. The van der Waals surface area contributed by atoms with Crippen molar-refractivity contribution in [2.45, 2.75) is 0 Å². The maximum absolute atomic E-state index is 8.75. The van der Waals surface area contributed by atoms with Gasteiger partial charge in [-0.2, -0.15) is 10.2 Å². The minimum absolute atomic E-state index is 0.417. The van der Waals surface area contributed by atoms with Crippen LogP contribution >= 0.6 is 0 Å². The summed E-state index contributed by atoms with van der Waals surface area (Å²) in [6.07, 6.45) is 3.35. The first-order chi connectivity index (χ1) is 9.28. The topological polar surface area (TPSA) is 80.5 Å². The largest absolute Gasteiger partial charge is 0.334 e. The van der Waals surface area contributed by atoms with E-state index in [2.05, 4.69) is 21.2 Å². The molecule has 0 atom stereocenters. The first kappa shape index (κ1) is 11.2. The molecule has 0 unspecified atom stereocenters. The monoisotopic (exact) mass is 251 g/mol. The van der Waals surface area contributed by atoms with Crippen LogP contribution in [0.5, 0.6) is 0 Å². The lowest BCUT2D eigenvalue weighted by Gasteiger charge is -1.94. The molecule has 0 aliphatic carbocycles. The fourth-order valence-electron chi connectivity index (χ4n) is 1.70. The maximum Gasteiger partial charge on any atom is 0.258 e. The summed E-state index contributed by atoms with van der Waals surface area (Å²) in [4.78, 5) is 8.33. The second kappa shape index (κ2) is 4.38. The molecule has 2 heterocycles. The number of aryl methyl sites for hydroxylation is 1. The molecular weight excluding hydrogens is 242 g/mol. The Balaban J connectivity index is 1.97. The molecule has 0 radical (unpaired) electrons. The zero-order chi connectivity index (χ0) is 13.2. The van der Waals surface area contributed by atoms with Crippen molar-refractivity contribution < 1.29 is 4.52 Å². The molecular formula is C13H9N5O. The van der Waals surface area contributed by atoms with Crippen molar-refractivity contribution in [2.24, 2.45) is 7.05 Å². The van der Waals surface area contributed by atoms with E-state index < -0.39 is 0 Å². The van der Waals surface area contributed by atoms with E-state index in [4.69, 9.17) is 9.78 Å². The molecule has 0 spiro atoms. The van der Waals surface area contributed by atoms with Gasteiger partial charge in [0.1, 0.15) is 5.69 Å². The molecule has 0 aliphatic rings. The van der Waals surface area contributed by atoms with Gasteiger partial charge in [-0.1, -0.05) is 5.16 Å². The first-order valence-electron chi connectivity index (χ1n) is 5.59. The van der Waals surface area contributed by atoms with E-state index in [-0.39, 0.29) is 0 Å². The van der Waals surface area contributed by atoms with Gasteiger partial charge in [0.25, 0.3) is 5.89 Å². The van der Waals surface area contributed by atoms with E-state index in [1.807, 2.05) is 11.6 Å². The number of nitriles is 1. The van der Waals surface area contributed by atoms with Crippen LogP contribution in [-0.4, -0.2) is 19.7 Å². The third-order valence-corrected chi connectivity index (χ3v) is 2.73. The number of hydrogen-bond acceptors (Lipinski definition) is 5. The van der Waals surface area contributed by atoms with Gasteiger partial charge in [0, 0.05) is 12.6 Å². The Morgan fingerprint density at radius 2 is 2.05 bits per heavy atom. The standard InChI is InChI=1S/C13H9N5O/c1-18-8-15-7-11(18)12-16-13(19-17-12)10-4-2-9(6-14)3-5-10/h2-5,7-8H,1H3. The average molecular weight is 251 g/mol. The van der Waals surface area contributed by atoms with Crippen molar-refractivity contribution >= 4 is 0 Å². The molecule has 0 fully saturated rings. The second-order valence-electron chi connectivity index (χ2n) is 4.00. The summed E-state index contributed by atoms with van der Waals surface area (Å²) >= 11 is 0. The number of nitrogens with zero attached hydrogens (tertiary/aromatic N) is 5. The quantitative estimate of drug-likeness (QED) is 0.695. The summed E-state index contributed by atoms with van der Waals surface area (Å²) in [5.74, 6) is 0.903. The Labute approximate surface area is 108 Å². The Hall–Kier alpha value is -2.94. The third kappa shape index (κ3) is 1.98. The van der Waals surface area contributed by atoms with Crippen molar-refractivity contribution in [1.29, 1.82) is 5.26 Å². The molecule has 6 nitrogen and oxygen atoms in total. The average Bonchev–Trinajstić information content (AvgIpc) is 3.07. The van der Waals surface area contributed by atoms with Crippen LogP contribution < -0.4 is 0 Å². The normalized spacial score (nSPS) is 10.3. The first-order valence-corrected chi connectivity index (χ1v) is 5.59. The fraction of sp³-hybridized carbons (Fsp3) is 0.0769. The van der Waals surface area contributed by atoms with E-state index in [1.165, 1.54) is 0 Å². The van der Waals surface area contributed by atoms with Crippen LogP contribution in [0.4, 0.5) is 0 Å². The van der Waals surface area contributed by atoms with Crippen LogP contribution in [0.1, 0.15) is 5.56 Å². The predicted octanol–water partition coefficient (Wildman–Crippen LogP) is 2.01. The van der Waals surface area contributed by atoms with E-state index in [9.17, 15) is 0 Å². The summed E-state index contributed by atoms with van der Waals surface area (Å²) in [5, 5.41) is 12.7. The molecule has 3 aromatic rings. The lowest BCUT2D eigenvalue weighted by Crippen LogP contribution is -1.90. The van der Waals surface area contributed by atoms with Crippen LogP contribution in [0.2, 0.25) is 0 Å². The number of rotatable bonds is 2. The molecule has 2 aromatic heterocycles. The number of aromatic nitrogens is 4. The predicted molar refractivity (Wildman–Crippen MR) is 66.7 cm³/mol. The highest BCUT2D eigenvalue weighted by molar-refractivity contribution is 5.58. The van der Waals surface area contributed by atoms with Crippen molar-refractivity contribution in [1.82, 2.24) is 19.7 Å². The zero-order valence-electron chi connectivity index (χ0n) is 10.1. The van der Waals surface area contributed by atoms with Gasteiger partial charge in [0.2, 0.25) is 5.82 Å². The number of hydrogen-bond donors (Lipinski definition) is 0. The molecule has 3 rings (SSSR count). The van der Waals surface area contributed by atoms with Gasteiger partial charge in [-0.25, -0.2) is 4.98 Å². The van der Waals surface area contributed by atoms with Crippen molar-refractivity contribution in [3.8, 4) is 29.0 Å². The Morgan fingerprint density at radius 3 is 2.68 bits per heavy atom. The minimum Gasteiger partial charge on any atom is -0.334 e. The summed E-state index contributed by atoms with van der Waals surface area (Å²) in [6.45, 7) is 0. The Bertz CT molecular complexity index is 748. The molecule has 6 heteroatoms. The third-order valence-electron chi connectivity index (χ3n) is 2.73. The summed E-state index contributed by atoms with van der Waals surface area (Å²) in [6, 6.07) is 9.04. The molecule has 0 N–H and O–H groups in total. The second-order valence-corrected chi connectivity index (χ2v) is 4.00. The maximum atomic E-state index is 8.75. The SMILES string of the molecule is Cn1cncc1-c1noc(-c2ccc(C#N)cc2)n1. The van der Waals surface area contributed by atoms with Crippen molar-refractivity contribution in [3.63, 3.8) is 0 Å². The van der Waals surface area contributed by atoms with Gasteiger partial charge in [-0.3, -0.25) is 0 Å². The number of benzene rings is 1. The molecule has 0 aliphatic heterocycles. The van der Waals surface area contributed by atoms with Crippen LogP contribution in [-0.2, 0) is 7.05 Å². The highest BCUT2D eigenvalue weighted by Crippen LogP contribution is 2.21. The Morgan fingerprint density at radius 1 is 1.26 bits per heavy atom. The van der Waals surface area contributed by atoms with Gasteiger partial charge in [-0.05, 0) is 24.3 Å². The van der Waals surface area contributed by atoms with Gasteiger partial charge >= 0.3 is 0 Å². The molecule has 0 bridgehead atoms. The van der Waals surface area contributed by atoms with Gasteiger partial charge in [-0.15, -0.1) is 0 Å². The van der Waals surface area contributed by atoms with E-state index in [1.54, 1.807) is 36.8 Å². The lowest BCUT2D eigenvalue weighted by atomic mass is 10.1. The molecule has 0 amide bonds.